The van der Waals surface area contributed by atoms with Gasteiger partial charge in [-0.05, 0) is 19.3 Å². The molecule has 3 aliphatic rings. The fourth-order valence-electron chi connectivity index (χ4n) is 3.38. The van der Waals surface area contributed by atoms with E-state index >= 15 is 0 Å². The molecule has 0 bridgehead atoms. The van der Waals surface area contributed by atoms with Crippen LogP contribution in [-0.2, 0) is 14.8 Å². The first-order chi connectivity index (χ1) is 9.44. The van der Waals surface area contributed by atoms with Gasteiger partial charge in [-0.25, -0.2) is 13.2 Å². The minimum atomic E-state index is -3.36. The highest BCUT2D eigenvalue weighted by atomic mass is 32.2. The highest BCUT2D eigenvalue weighted by Gasteiger charge is 2.53. The highest BCUT2D eigenvalue weighted by Crippen LogP contribution is 2.32. The van der Waals surface area contributed by atoms with Crippen molar-refractivity contribution in [3.05, 3.63) is 0 Å². The van der Waals surface area contributed by atoms with Crippen LogP contribution in [0.2, 0.25) is 0 Å². The van der Waals surface area contributed by atoms with Gasteiger partial charge in [0.1, 0.15) is 5.54 Å². The number of carbonyl (C=O) groups is 2. The molecule has 3 rings (SSSR count). The van der Waals surface area contributed by atoms with Gasteiger partial charge >= 0.3 is 6.03 Å². The van der Waals surface area contributed by atoms with Crippen LogP contribution in [0, 0.1) is 0 Å². The molecule has 2 N–H and O–H groups in total. The lowest BCUT2D eigenvalue weighted by Gasteiger charge is -2.27. The van der Waals surface area contributed by atoms with E-state index in [1.165, 1.54) is 4.31 Å². The zero-order chi connectivity index (χ0) is 14.4. The van der Waals surface area contributed by atoms with Gasteiger partial charge in [0.25, 0.3) is 5.91 Å². The third-order valence-corrected chi connectivity index (χ3v) is 6.93. The quantitative estimate of drug-likeness (QED) is 0.698. The van der Waals surface area contributed by atoms with Crippen molar-refractivity contribution >= 4 is 22.0 Å². The van der Waals surface area contributed by atoms with E-state index in [9.17, 15) is 18.0 Å². The molecule has 0 aromatic carbocycles. The lowest BCUT2D eigenvalue weighted by molar-refractivity contribution is -0.123. The van der Waals surface area contributed by atoms with Crippen molar-refractivity contribution in [1.29, 1.82) is 0 Å². The summed E-state index contributed by atoms with van der Waals surface area (Å²) in [6.45, 7) is 0.357. The van der Waals surface area contributed by atoms with Gasteiger partial charge in [-0.1, -0.05) is 19.3 Å². The summed E-state index contributed by atoms with van der Waals surface area (Å²) >= 11 is 0. The van der Waals surface area contributed by atoms with Crippen LogP contribution in [0.3, 0.4) is 0 Å². The first kappa shape index (κ1) is 13.8. The van der Waals surface area contributed by atoms with Crippen molar-refractivity contribution < 1.29 is 18.0 Å². The van der Waals surface area contributed by atoms with Crippen molar-refractivity contribution in [2.45, 2.75) is 49.3 Å². The molecule has 1 saturated carbocycles. The van der Waals surface area contributed by atoms with E-state index in [1.54, 1.807) is 0 Å². The summed E-state index contributed by atoms with van der Waals surface area (Å²) in [6, 6.07) is -0.535. The number of sulfonamides is 1. The highest BCUT2D eigenvalue weighted by molar-refractivity contribution is 7.89. The second-order valence-electron chi connectivity index (χ2n) is 5.88. The van der Waals surface area contributed by atoms with Crippen molar-refractivity contribution in [3.63, 3.8) is 0 Å². The van der Waals surface area contributed by atoms with Gasteiger partial charge in [-0.3, -0.25) is 10.1 Å². The molecule has 2 heterocycles. The van der Waals surface area contributed by atoms with Crippen LogP contribution in [0.5, 0.6) is 0 Å². The number of nitrogens with zero attached hydrogens (tertiary/aromatic N) is 1. The topological polar surface area (TPSA) is 95.6 Å². The van der Waals surface area contributed by atoms with Crippen LogP contribution in [0.4, 0.5) is 4.79 Å². The van der Waals surface area contributed by atoms with Gasteiger partial charge < -0.3 is 5.32 Å². The molecule has 112 valence electrons. The first-order valence-electron chi connectivity index (χ1n) is 7.07. The van der Waals surface area contributed by atoms with Crippen LogP contribution in [-0.4, -0.2) is 48.5 Å². The SMILES string of the molecule is O=C1NC(=O)C2(CCN(S(=O)(=O)C3CCCCC3)C2)N1. The Balaban J connectivity index is 1.76. The Morgan fingerprint density at radius 1 is 1.15 bits per heavy atom. The lowest BCUT2D eigenvalue weighted by atomic mass is 10.00. The number of nitrogens with one attached hydrogen (secondary N) is 2. The smallest absolute Gasteiger partial charge is 0.322 e. The summed E-state index contributed by atoms with van der Waals surface area (Å²) in [6.07, 6.45) is 4.72. The van der Waals surface area contributed by atoms with E-state index in [0.717, 1.165) is 19.3 Å². The average Bonchev–Trinajstić information content (AvgIpc) is 2.96. The Bertz CT molecular complexity index is 541. The zero-order valence-electron chi connectivity index (χ0n) is 11.2. The number of hydrogen-bond acceptors (Lipinski definition) is 4. The van der Waals surface area contributed by atoms with E-state index in [0.29, 0.717) is 25.8 Å². The molecule has 20 heavy (non-hydrogen) atoms. The van der Waals surface area contributed by atoms with Crippen LogP contribution in [0.1, 0.15) is 38.5 Å². The van der Waals surface area contributed by atoms with Crippen LogP contribution < -0.4 is 10.6 Å². The number of rotatable bonds is 2. The molecule has 3 amide bonds. The second kappa shape index (κ2) is 4.70. The largest absolute Gasteiger partial charge is 0.322 e. The predicted octanol–water partition coefficient (Wildman–Crippen LogP) is -0.0672. The van der Waals surface area contributed by atoms with Crippen molar-refractivity contribution in [1.82, 2.24) is 14.9 Å². The molecular weight excluding hydrogens is 282 g/mol. The van der Waals surface area contributed by atoms with Gasteiger partial charge in [0.15, 0.2) is 0 Å². The molecule has 1 spiro atoms. The van der Waals surface area contributed by atoms with Gasteiger partial charge in [0, 0.05) is 13.1 Å². The normalized spacial score (nSPS) is 32.6. The fourth-order valence-corrected chi connectivity index (χ4v) is 5.48. The van der Waals surface area contributed by atoms with Crippen LogP contribution in [0.25, 0.3) is 0 Å². The molecule has 2 aliphatic heterocycles. The maximum absolute atomic E-state index is 12.6. The van der Waals surface area contributed by atoms with Crippen molar-refractivity contribution in [2.24, 2.45) is 0 Å². The Hall–Kier alpha value is -1.15. The van der Waals surface area contributed by atoms with Gasteiger partial charge in [0.2, 0.25) is 10.0 Å². The van der Waals surface area contributed by atoms with E-state index < -0.39 is 27.5 Å². The first-order valence-corrected chi connectivity index (χ1v) is 8.57. The van der Waals surface area contributed by atoms with Crippen LogP contribution >= 0.6 is 0 Å². The summed E-state index contributed by atoms with van der Waals surface area (Å²) in [4.78, 5) is 23.1. The minimum absolute atomic E-state index is 0.0589. The summed E-state index contributed by atoms with van der Waals surface area (Å²) in [7, 11) is -3.36. The number of carbonyl (C=O) groups excluding carboxylic acids is 2. The maximum Gasteiger partial charge on any atom is 0.322 e. The van der Waals surface area contributed by atoms with Gasteiger partial charge in [0.05, 0.1) is 5.25 Å². The van der Waals surface area contributed by atoms with E-state index in [-0.39, 0.29) is 11.8 Å². The van der Waals surface area contributed by atoms with Crippen LogP contribution in [0.15, 0.2) is 0 Å². The van der Waals surface area contributed by atoms with Gasteiger partial charge in [-0.2, -0.15) is 4.31 Å². The molecule has 8 heteroatoms. The Morgan fingerprint density at radius 3 is 2.45 bits per heavy atom. The number of amides is 3. The molecule has 1 aliphatic carbocycles. The maximum atomic E-state index is 12.6. The molecular formula is C12H19N3O4S. The standard InChI is InChI=1S/C12H19N3O4S/c16-10-12(14-11(17)13-10)6-7-15(8-12)20(18,19)9-4-2-1-3-5-9/h9H,1-8H2,(H2,13,14,16,17). The van der Waals surface area contributed by atoms with Crippen molar-refractivity contribution in [3.8, 4) is 0 Å². The third kappa shape index (κ3) is 2.10. The molecule has 0 radical (unpaired) electrons. The molecule has 0 aromatic heterocycles. The molecule has 1 atom stereocenters. The summed E-state index contributed by atoms with van der Waals surface area (Å²) < 4.78 is 26.6. The predicted molar refractivity (Wildman–Crippen MR) is 71.4 cm³/mol. The van der Waals surface area contributed by atoms with Crippen molar-refractivity contribution in [2.75, 3.05) is 13.1 Å². The summed E-state index contributed by atoms with van der Waals surface area (Å²) in [5.74, 6) is -0.413. The second-order valence-corrected chi connectivity index (χ2v) is 8.09. The number of hydrogen-bond donors (Lipinski definition) is 2. The number of imide groups is 1. The Morgan fingerprint density at radius 2 is 1.85 bits per heavy atom. The molecule has 2 saturated heterocycles. The summed E-state index contributed by atoms with van der Waals surface area (Å²) in [5.41, 5.74) is -1.06. The molecule has 7 nitrogen and oxygen atoms in total. The minimum Gasteiger partial charge on any atom is -0.322 e. The van der Waals surface area contributed by atoms with E-state index in [2.05, 4.69) is 10.6 Å². The third-order valence-electron chi connectivity index (χ3n) is 4.58. The molecule has 3 fully saturated rings. The lowest BCUT2D eigenvalue weighted by Crippen LogP contribution is -2.50. The Labute approximate surface area is 118 Å². The number of urea groups is 1. The Kier molecular flexibility index (Phi) is 3.24. The van der Waals surface area contributed by atoms with E-state index in [4.69, 9.17) is 0 Å². The summed E-state index contributed by atoms with van der Waals surface area (Å²) in [5, 5.41) is 4.44. The zero-order valence-corrected chi connectivity index (χ0v) is 12.0. The van der Waals surface area contributed by atoms with Gasteiger partial charge in [-0.15, -0.1) is 0 Å². The molecule has 1 unspecified atom stereocenters. The fraction of sp³-hybridized carbons (Fsp3) is 0.833. The van der Waals surface area contributed by atoms with E-state index in [1.807, 2.05) is 0 Å². The molecule has 0 aromatic rings. The monoisotopic (exact) mass is 301 g/mol. The average molecular weight is 301 g/mol.